The molecular weight excluding hydrogens is 386 g/mol. The SMILES string of the molecule is CCn1c(=O)n(CC)c2cc(-c3[nH]c(C4CCCN4)nc3-c3cccc(C)c3)ccc21. The molecule has 0 radical (unpaired) electrons. The number of rotatable bonds is 5. The van der Waals surface area contributed by atoms with Crippen LogP contribution < -0.4 is 11.0 Å². The zero-order valence-corrected chi connectivity index (χ0v) is 18.4. The van der Waals surface area contributed by atoms with Crippen molar-refractivity contribution < 1.29 is 0 Å². The summed E-state index contributed by atoms with van der Waals surface area (Å²) in [4.78, 5) is 21.5. The molecule has 1 aliphatic heterocycles. The first-order chi connectivity index (χ1) is 15.1. The molecule has 0 saturated carbocycles. The Labute approximate surface area is 181 Å². The summed E-state index contributed by atoms with van der Waals surface area (Å²) in [5.74, 6) is 0.989. The second-order valence-electron chi connectivity index (χ2n) is 8.34. The topological polar surface area (TPSA) is 67.6 Å². The highest BCUT2D eigenvalue weighted by atomic mass is 16.1. The molecule has 3 heterocycles. The van der Waals surface area contributed by atoms with E-state index < -0.39 is 0 Å². The first-order valence-electron chi connectivity index (χ1n) is 11.2. The molecule has 2 aromatic heterocycles. The van der Waals surface area contributed by atoms with Crippen molar-refractivity contribution >= 4 is 11.0 Å². The van der Waals surface area contributed by atoms with Crippen molar-refractivity contribution in [2.45, 2.75) is 52.7 Å². The van der Waals surface area contributed by atoms with Gasteiger partial charge < -0.3 is 10.3 Å². The highest BCUT2D eigenvalue weighted by molar-refractivity contribution is 5.86. The largest absolute Gasteiger partial charge is 0.340 e. The molecule has 1 atom stereocenters. The molecular formula is C25H29N5O. The van der Waals surface area contributed by atoms with Crippen LogP contribution in [0.4, 0.5) is 0 Å². The third kappa shape index (κ3) is 3.31. The van der Waals surface area contributed by atoms with Crippen molar-refractivity contribution in [3.8, 4) is 22.5 Å². The molecule has 6 heteroatoms. The van der Waals surface area contributed by atoms with Crippen molar-refractivity contribution in [3.05, 3.63) is 64.3 Å². The highest BCUT2D eigenvalue weighted by Crippen LogP contribution is 2.34. The Morgan fingerprint density at radius 3 is 2.55 bits per heavy atom. The zero-order chi connectivity index (χ0) is 21.5. The minimum atomic E-state index is 0.0523. The summed E-state index contributed by atoms with van der Waals surface area (Å²) in [5, 5.41) is 3.55. The average Bonchev–Trinajstić information content (AvgIpc) is 3.50. The maximum atomic E-state index is 12.8. The fourth-order valence-corrected chi connectivity index (χ4v) is 4.77. The number of aromatic amines is 1. The van der Waals surface area contributed by atoms with Gasteiger partial charge in [0.1, 0.15) is 5.82 Å². The van der Waals surface area contributed by atoms with Crippen LogP contribution in [0.2, 0.25) is 0 Å². The van der Waals surface area contributed by atoms with Gasteiger partial charge in [0, 0.05) is 24.2 Å². The number of imidazole rings is 2. The van der Waals surface area contributed by atoms with Gasteiger partial charge in [0.05, 0.1) is 28.5 Å². The molecule has 1 aliphatic rings. The predicted octanol–water partition coefficient (Wildman–Crippen LogP) is 4.63. The van der Waals surface area contributed by atoms with Gasteiger partial charge in [-0.1, -0.05) is 29.8 Å². The lowest BCUT2D eigenvalue weighted by molar-refractivity contribution is 0.613. The van der Waals surface area contributed by atoms with E-state index in [0.29, 0.717) is 13.1 Å². The van der Waals surface area contributed by atoms with E-state index >= 15 is 0 Å². The summed E-state index contributed by atoms with van der Waals surface area (Å²) in [5.41, 5.74) is 7.34. The Morgan fingerprint density at radius 2 is 1.84 bits per heavy atom. The van der Waals surface area contributed by atoms with E-state index in [0.717, 1.165) is 52.3 Å². The third-order valence-electron chi connectivity index (χ3n) is 6.34. The summed E-state index contributed by atoms with van der Waals surface area (Å²) in [6.07, 6.45) is 2.26. The fraction of sp³-hybridized carbons (Fsp3) is 0.360. The maximum Gasteiger partial charge on any atom is 0.329 e. The van der Waals surface area contributed by atoms with Gasteiger partial charge in [-0.05, 0) is 58.4 Å². The lowest BCUT2D eigenvalue weighted by Crippen LogP contribution is -2.22. The molecule has 2 N–H and O–H groups in total. The number of aromatic nitrogens is 4. The van der Waals surface area contributed by atoms with E-state index in [-0.39, 0.29) is 11.7 Å². The lowest BCUT2D eigenvalue weighted by Gasteiger charge is -2.06. The molecule has 0 spiro atoms. The predicted molar refractivity (Wildman–Crippen MR) is 125 cm³/mol. The number of fused-ring (bicyclic) bond motifs is 1. The molecule has 1 saturated heterocycles. The second-order valence-corrected chi connectivity index (χ2v) is 8.34. The summed E-state index contributed by atoms with van der Waals surface area (Å²) in [7, 11) is 0. The molecule has 1 unspecified atom stereocenters. The zero-order valence-electron chi connectivity index (χ0n) is 18.4. The molecule has 0 aliphatic carbocycles. The van der Waals surface area contributed by atoms with E-state index in [4.69, 9.17) is 4.98 Å². The van der Waals surface area contributed by atoms with Gasteiger partial charge in [0.25, 0.3) is 0 Å². The van der Waals surface area contributed by atoms with Gasteiger partial charge in [0.15, 0.2) is 0 Å². The molecule has 160 valence electrons. The molecule has 0 bridgehead atoms. The quantitative estimate of drug-likeness (QED) is 0.499. The number of hydrogen-bond acceptors (Lipinski definition) is 3. The summed E-state index contributed by atoms with van der Waals surface area (Å²) in [6.45, 7) is 8.48. The molecule has 5 rings (SSSR count). The van der Waals surface area contributed by atoms with Crippen LogP contribution in [0.5, 0.6) is 0 Å². The number of benzene rings is 2. The van der Waals surface area contributed by atoms with Crippen LogP contribution in [0, 0.1) is 6.92 Å². The van der Waals surface area contributed by atoms with Crippen molar-refractivity contribution in [2.24, 2.45) is 0 Å². The van der Waals surface area contributed by atoms with Gasteiger partial charge in [-0.25, -0.2) is 9.78 Å². The van der Waals surface area contributed by atoms with Crippen LogP contribution in [-0.4, -0.2) is 25.6 Å². The van der Waals surface area contributed by atoms with Crippen LogP contribution in [0.1, 0.15) is 44.1 Å². The molecule has 31 heavy (non-hydrogen) atoms. The van der Waals surface area contributed by atoms with Crippen molar-refractivity contribution in [1.29, 1.82) is 0 Å². The number of aryl methyl sites for hydroxylation is 3. The minimum absolute atomic E-state index is 0.0523. The van der Waals surface area contributed by atoms with E-state index in [9.17, 15) is 4.79 Å². The second kappa shape index (κ2) is 7.85. The van der Waals surface area contributed by atoms with Gasteiger partial charge in [0.2, 0.25) is 0 Å². The van der Waals surface area contributed by atoms with Crippen LogP contribution in [0.15, 0.2) is 47.3 Å². The van der Waals surface area contributed by atoms with E-state index in [2.05, 4.69) is 59.7 Å². The smallest absolute Gasteiger partial charge is 0.329 e. The van der Waals surface area contributed by atoms with Gasteiger partial charge >= 0.3 is 5.69 Å². The molecule has 6 nitrogen and oxygen atoms in total. The number of nitrogens with zero attached hydrogens (tertiary/aromatic N) is 3. The Hall–Kier alpha value is -3.12. The highest BCUT2D eigenvalue weighted by Gasteiger charge is 2.23. The van der Waals surface area contributed by atoms with Crippen molar-refractivity contribution in [3.63, 3.8) is 0 Å². The monoisotopic (exact) mass is 415 g/mol. The van der Waals surface area contributed by atoms with Crippen molar-refractivity contribution in [1.82, 2.24) is 24.4 Å². The molecule has 0 amide bonds. The Balaban J connectivity index is 1.72. The number of hydrogen-bond donors (Lipinski definition) is 2. The fourth-order valence-electron chi connectivity index (χ4n) is 4.77. The van der Waals surface area contributed by atoms with Crippen LogP contribution in [0.25, 0.3) is 33.5 Å². The lowest BCUT2D eigenvalue weighted by atomic mass is 10.0. The third-order valence-corrected chi connectivity index (χ3v) is 6.34. The minimum Gasteiger partial charge on any atom is -0.340 e. The number of nitrogens with one attached hydrogen (secondary N) is 2. The van der Waals surface area contributed by atoms with Crippen molar-refractivity contribution in [2.75, 3.05) is 6.54 Å². The van der Waals surface area contributed by atoms with Crippen LogP contribution in [0.3, 0.4) is 0 Å². The van der Waals surface area contributed by atoms with E-state index in [1.165, 1.54) is 12.0 Å². The average molecular weight is 416 g/mol. The molecule has 2 aromatic carbocycles. The maximum absolute atomic E-state index is 12.8. The Bertz CT molecular complexity index is 1300. The van der Waals surface area contributed by atoms with Crippen LogP contribution >= 0.6 is 0 Å². The Kier molecular flexibility index (Phi) is 5.02. The summed E-state index contributed by atoms with van der Waals surface area (Å²) >= 11 is 0. The van der Waals surface area contributed by atoms with Gasteiger partial charge in [-0.3, -0.25) is 9.13 Å². The standard InChI is InChI=1S/C25H29N5O/c1-4-29-20-12-11-18(15-21(20)30(5-2)25(29)31)23-22(17-9-6-8-16(3)14-17)27-24(28-23)19-10-7-13-26-19/h6,8-9,11-12,14-15,19,26H,4-5,7,10,13H2,1-3H3,(H,27,28). The van der Waals surface area contributed by atoms with Gasteiger partial charge in [-0.2, -0.15) is 0 Å². The Morgan fingerprint density at radius 1 is 1.03 bits per heavy atom. The first-order valence-corrected chi connectivity index (χ1v) is 11.2. The van der Waals surface area contributed by atoms with Crippen LogP contribution in [-0.2, 0) is 13.1 Å². The summed E-state index contributed by atoms with van der Waals surface area (Å²) < 4.78 is 3.69. The first kappa shape index (κ1) is 19.8. The normalized spacial score (nSPS) is 16.4. The van der Waals surface area contributed by atoms with Gasteiger partial charge in [-0.15, -0.1) is 0 Å². The van der Waals surface area contributed by atoms with E-state index in [1.54, 1.807) is 0 Å². The number of H-pyrrole nitrogens is 1. The molecule has 4 aromatic rings. The summed E-state index contributed by atoms with van der Waals surface area (Å²) in [6, 6.07) is 15.0. The molecule has 1 fully saturated rings. The van der Waals surface area contributed by atoms with E-state index in [1.807, 2.05) is 23.0 Å².